The molecule has 0 spiro atoms. The van der Waals surface area contributed by atoms with E-state index in [4.69, 9.17) is 4.74 Å². The molecule has 1 saturated heterocycles. The van der Waals surface area contributed by atoms with Gasteiger partial charge in [-0.3, -0.25) is 9.59 Å². The normalized spacial score (nSPS) is 13.0. The van der Waals surface area contributed by atoms with Crippen molar-refractivity contribution in [2.45, 2.75) is 33.1 Å². The number of nitrogens with zero attached hydrogens (tertiary/aromatic N) is 3. The number of aryl methyl sites for hydroxylation is 2. The number of hydrogen-bond acceptors (Lipinski definition) is 6. The molecule has 248 valence electrons. The molecule has 0 unspecified atom stereocenters. The van der Waals surface area contributed by atoms with Crippen molar-refractivity contribution < 1.29 is 19.1 Å². The molecular weight excluding hydrogens is 600 g/mol. The molecule has 1 N–H and O–H groups in total. The molecule has 0 atom stereocenters. The highest BCUT2D eigenvalue weighted by atomic mass is 16.5. The third-order valence-corrected chi connectivity index (χ3v) is 8.77. The first-order valence-electron chi connectivity index (χ1n) is 16.5. The molecule has 4 aromatic carbocycles. The Morgan fingerprint density at radius 3 is 2.25 bits per heavy atom. The number of likely N-dealkylation sites (N-methyl/N-ethyl adjacent to an activating group) is 1. The number of nitrogens with one attached hydrogen (secondary N) is 1. The van der Waals surface area contributed by atoms with Gasteiger partial charge in [0, 0.05) is 50.0 Å². The summed E-state index contributed by atoms with van der Waals surface area (Å²) >= 11 is 0. The molecule has 48 heavy (non-hydrogen) atoms. The summed E-state index contributed by atoms with van der Waals surface area (Å²) in [7, 11) is 3.82. The second-order valence-corrected chi connectivity index (χ2v) is 12.4. The van der Waals surface area contributed by atoms with Crippen LogP contribution in [-0.4, -0.2) is 74.4 Å². The summed E-state index contributed by atoms with van der Waals surface area (Å²) in [5.41, 5.74) is 7.07. The molecule has 8 heteroatoms. The molecule has 0 bridgehead atoms. The Labute approximate surface area is 283 Å². The highest BCUT2D eigenvalue weighted by Gasteiger charge is 2.20. The van der Waals surface area contributed by atoms with Crippen molar-refractivity contribution in [3.05, 3.63) is 119 Å². The van der Waals surface area contributed by atoms with Gasteiger partial charge in [0.05, 0.1) is 18.0 Å². The minimum absolute atomic E-state index is 0.195. The van der Waals surface area contributed by atoms with Gasteiger partial charge in [0.25, 0.3) is 11.8 Å². The summed E-state index contributed by atoms with van der Waals surface area (Å²) < 4.78 is 6.18. The standard InChI is InChI=1S/C40H44N4O4/c1-29-12-15-31(16-13-29)35-10-5-6-11-36(35)39(46)41-33-19-17-32(18-20-33)40(47)43(4)37-21-14-30(2)27-38(37)48-26-8-7-9-34(28-45)44-24-22-42(3)23-25-44/h5-6,10-21,27H,7-9,22-26H2,1-4H3,(H,41,46). The lowest BCUT2D eigenvalue weighted by atomic mass is 9.98. The van der Waals surface area contributed by atoms with Gasteiger partial charge < -0.3 is 24.8 Å². The van der Waals surface area contributed by atoms with Crippen LogP contribution in [0.5, 0.6) is 5.75 Å². The number of carbonyl (C=O) groups is 2. The van der Waals surface area contributed by atoms with Gasteiger partial charge in [-0.05, 0) is 99.3 Å². The minimum atomic E-state index is -0.221. The predicted molar refractivity (Wildman–Crippen MR) is 193 cm³/mol. The number of amides is 2. The van der Waals surface area contributed by atoms with Gasteiger partial charge in [-0.1, -0.05) is 54.1 Å². The molecule has 5 rings (SSSR count). The van der Waals surface area contributed by atoms with Crippen LogP contribution in [0.15, 0.2) is 96.7 Å². The zero-order valence-corrected chi connectivity index (χ0v) is 28.3. The zero-order chi connectivity index (χ0) is 34.0. The van der Waals surface area contributed by atoms with Gasteiger partial charge in [-0.15, -0.1) is 0 Å². The fourth-order valence-corrected chi connectivity index (χ4v) is 5.80. The molecule has 4 aromatic rings. The van der Waals surface area contributed by atoms with Crippen molar-refractivity contribution in [2.24, 2.45) is 0 Å². The summed E-state index contributed by atoms with van der Waals surface area (Å²) in [6.45, 7) is 8.08. The van der Waals surface area contributed by atoms with Crippen LogP contribution in [0.3, 0.4) is 0 Å². The van der Waals surface area contributed by atoms with E-state index in [1.54, 1.807) is 36.2 Å². The maximum Gasteiger partial charge on any atom is 0.258 e. The third kappa shape index (κ3) is 8.59. The van der Waals surface area contributed by atoms with Crippen LogP contribution in [0.25, 0.3) is 11.1 Å². The average Bonchev–Trinajstić information content (AvgIpc) is 3.10. The van der Waals surface area contributed by atoms with Crippen molar-refractivity contribution in [1.82, 2.24) is 9.80 Å². The Bertz CT molecular complexity index is 1770. The minimum Gasteiger partial charge on any atom is -0.491 e. The topological polar surface area (TPSA) is 82.2 Å². The van der Waals surface area contributed by atoms with Gasteiger partial charge in [-0.25, -0.2) is 4.79 Å². The summed E-state index contributed by atoms with van der Waals surface area (Å²) in [5, 5.41) is 2.98. The van der Waals surface area contributed by atoms with Gasteiger partial charge in [0.1, 0.15) is 11.7 Å². The number of benzene rings is 4. The van der Waals surface area contributed by atoms with E-state index in [0.717, 1.165) is 67.0 Å². The fourth-order valence-electron chi connectivity index (χ4n) is 5.80. The van der Waals surface area contributed by atoms with Crippen LogP contribution in [0.2, 0.25) is 0 Å². The second-order valence-electron chi connectivity index (χ2n) is 12.4. The van der Waals surface area contributed by atoms with Gasteiger partial charge in [0.15, 0.2) is 0 Å². The molecular formula is C40H44N4O4. The van der Waals surface area contributed by atoms with E-state index in [0.29, 0.717) is 41.3 Å². The summed E-state index contributed by atoms with van der Waals surface area (Å²) in [4.78, 5) is 44.4. The molecule has 0 aromatic heterocycles. The maximum absolute atomic E-state index is 13.6. The molecule has 1 heterocycles. The Morgan fingerprint density at radius 2 is 1.54 bits per heavy atom. The molecule has 2 amide bonds. The molecule has 8 nitrogen and oxygen atoms in total. The molecule has 0 saturated carbocycles. The number of ether oxygens (including phenoxy) is 1. The second kappa shape index (κ2) is 16.1. The van der Waals surface area contributed by atoms with Crippen LogP contribution in [-0.2, 0) is 4.79 Å². The number of carbonyl (C=O) groups excluding carboxylic acids is 3. The number of allylic oxidation sites excluding steroid dienone is 1. The number of unbranched alkanes of at least 4 members (excludes halogenated alkanes) is 1. The molecule has 1 aliphatic heterocycles. The van der Waals surface area contributed by atoms with E-state index >= 15 is 0 Å². The number of anilines is 2. The summed E-state index contributed by atoms with van der Waals surface area (Å²) in [6, 6.07) is 28.3. The number of hydrogen-bond donors (Lipinski definition) is 1. The first-order chi connectivity index (χ1) is 23.2. The van der Waals surface area contributed by atoms with Crippen molar-refractivity contribution in [3.8, 4) is 16.9 Å². The van der Waals surface area contributed by atoms with Crippen LogP contribution in [0.4, 0.5) is 11.4 Å². The first kappa shape index (κ1) is 34.2. The predicted octanol–water partition coefficient (Wildman–Crippen LogP) is 7.01. The van der Waals surface area contributed by atoms with Crippen molar-refractivity contribution in [3.63, 3.8) is 0 Å². The lowest BCUT2D eigenvalue weighted by Crippen LogP contribution is -2.44. The van der Waals surface area contributed by atoms with Crippen LogP contribution < -0.4 is 15.0 Å². The van der Waals surface area contributed by atoms with E-state index < -0.39 is 0 Å². The Kier molecular flexibility index (Phi) is 11.5. The molecule has 1 aliphatic rings. The van der Waals surface area contributed by atoms with E-state index in [1.807, 2.05) is 80.6 Å². The third-order valence-electron chi connectivity index (χ3n) is 8.77. The monoisotopic (exact) mass is 644 g/mol. The SMILES string of the molecule is Cc1ccc(-c2ccccc2C(=O)Nc2ccc(C(=O)N(C)c3ccc(C)cc3OCCCCC(=C=O)N3CCN(C)CC3)cc2)cc1. The Morgan fingerprint density at radius 1 is 0.854 bits per heavy atom. The van der Waals surface area contributed by atoms with E-state index in [1.165, 1.54) is 0 Å². The Balaban J connectivity index is 1.18. The van der Waals surface area contributed by atoms with E-state index in [9.17, 15) is 14.4 Å². The van der Waals surface area contributed by atoms with Gasteiger partial charge in [0.2, 0.25) is 0 Å². The van der Waals surface area contributed by atoms with Crippen molar-refractivity contribution >= 4 is 29.1 Å². The highest BCUT2D eigenvalue weighted by molar-refractivity contribution is 6.09. The largest absolute Gasteiger partial charge is 0.491 e. The molecule has 0 radical (unpaired) electrons. The summed E-state index contributed by atoms with van der Waals surface area (Å²) in [6.07, 6.45) is 2.26. The van der Waals surface area contributed by atoms with Crippen LogP contribution in [0, 0.1) is 13.8 Å². The van der Waals surface area contributed by atoms with Gasteiger partial charge >= 0.3 is 0 Å². The van der Waals surface area contributed by atoms with E-state index in [-0.39, 0.29) is 11.8 Å². The van der Waals surface area contributed by atoms with Crippen molar-refractivity contribution in [1.29, 1.82) is 0 Å². The molecule has 1 fully saturated rings. The van der Waals surface area contributed by atoms with Gasteiger partial charge in [-0.2, -0.15) is 0 Å². The zero-order valence-electron chi connectivity index (χ0n) is 28.3. The number of rotatable bonds is 12. The lowest BCUT2D eigenvalue weighted by molar-refractivity contribution is 0.0990. The van der Waals surface area contributed by atoms with E-state index in [2.05, 4.69) is 28.1 Å². The summed E-state index contributed by atoms with van der Waals surface area (Å²) in [5.74, 6) is 2.37. The highest BCUT2D eigenvalue weighted by Crippen LogP contribution is 2.31. The Hall–Kier alpha value is -5.17. The fraction of sp³-hybridized carbons (Fsp3) is 0.300. The van der Waals surface area contributed by atoms with Crippen molar-refractivity contribution in [2.75, 3.05) is 57.1 Å². The maximum atomic E-state index is 13.6. The molecule has 0 aliphatic carbocycles. The number of piperazine rings is 1. The van der Waals surface area contributed by atoms with Crippen LogP contribution in [0.1, 0.15) is 51.1 Å². The quantitative estimate of drug-likeness (QED) is 0.132. The first-order valence-corrected chi connectivity index (χ1v) is 16.5. The van der Waals surface area contributed by atoms with Crippen LogP contribution >= 0.6 is 0 Å². The lowest BCUT2D eigenvalue weighted by Gasteiger charge is -2.34. The average molecular weight is 645 g/mol. The smallest absolute Gasteiger partial charge is 0.258 e.